The van der Waals surface area contributed by atoms with Gasteiger partial charge < -0.3 is 10.2 Å². The van der Waals surface area contributed by atoms with Gasteiger partial charge in [-0.25, -0.2) is 0 Å². The lowest BCUT2D eigenvalue weighted by Gasteiger charge is -2.37. The van der Waals surface area contributed by atoms with Crippen LogP contribution in [0.5, 0.6) is 0 Å². The second-order valence-corrected chi connectivity index (χ2v) is 5.67. The van der Waals surface area contributed by atoms with Gasteiger partial charge in [0.25, 0.3) is 0 Å². The minimum Gasteiger partial charge on any atom is -0.343 e. The van der Waals surface area contributed by atoms with Crippen molar-refractivity contribution in [3.63, 3.8) is 0 Å². The Hall–Kier alpha value is -1.85. The number of rotatable bonds is 5. The van der Waals surface area contributed by atoms with Gasteiger partial charge in [-0.1, -0.05) is 13.8 Å². The summed E-state index contributed by atoms with van der Waals surface area (Å²) < 4.78 is 1.77. The number of aromatic nitrogens is 2. The van der Waals surface area contributed by atoms with Gasteiger partial charge in [-0.05, 0) is 25.3 Å². The molecular weight excluding hydrogens is 256 g/mol. The largest absolute Gasteiger partial charge is 0.343 e. The summed E-state index contributed by atoms with van der Waals surface area (Å²) in [6.07, 6.45) is 4.23. The number of amides is 2. The zero-order chi connectivity index (χ0) is 14.7. The third-order valence-electron chi connectivity index (χ3n) is 3.58. The molecule has 1 saturated heterocycles. The number of carbonyl (C=O) groups is 2. The molecule has 2 heterocycles. The van der Waals surface area contributed by atoms with Gasteiger partial charge in [0, 0.05) is 18.9 Å². The van der Waals surface area contributed by atoms with E-state index in [1.54, 1.807) is 22.7 Å². The molecule has 1 N–H and O–H groups in total. The van der Waals surface area contributed by atoms with Crippen molar-refractivity contribution in [1.82, 2.24) is 20.0 Å². The Morgan fingerprint density at radius 2 is 2.10 bits per heavy atom. The van der Waals surface area contributed by atoms with E-state index in [0.29, 0.717) is 25.4 Å². The molecule has 2 rings (SSSR count). The second-order valence-electron chi connectivity index (χ2n) is 5.67. The van der Waals surface area contributed by atoms with Crippen LogP contribution in [0, 0.1) is 5.92 Å². The summed E-state index contributed by atoms with van der Waals surface area (Å²) in [7, 11) is 0. The Morgan fingerprint density at radius 3 is 2.70 bits per heavy atom. The number of carbonyl (C=O) groups excluding carboxylic acids is 2. The third kappa shape index (κ3) is 3.18. The quantitative estimate of drug-likeness (QED) is 0.859. The zero-order valence-corrected chi connectivity index (χ0v) is 12.2. The number of piperazine rings is 1. The fourth-order valence-corrected chi connectivity index (χ4v) is 2.46. The number of nitrogens with one attached hydrogen (secondary N) is 1. The Morgan fingerprint density at radius 1 is 1.35 bits per heavy atom. The van der Waals surface area contributed by atoms with Crippen molar-refractivity contribution in [3.05, 3.63) is 18.5 Å². The second kappa shape index (κ2) is 6.07. The number of nitrogens with zero attached hydrogens (tertiary/aromatic N) is 3. The first kappa shape index (κ1) is 14.6. The lowest BCUT2D eigenvalue weighted by atomic mass is 9.99. The van der Waals surface area contributed by atoms with E-state index in [2.05, 4.69) is 10.4 Å². The fourth-order valence-electron chi connectivity index (χ4n) is 2.46. The van der Waals surface area contributed by atoms with Crippen LogP contribution in [0.1, 0.15) is 27.2 Å². The summed E-state index contributed by atoms with van der Waals surface area (Å²) in [4.78, 5) is 26.1. The summed E-state index contributed by atoms with van der Waals surface area (Å²) in [5, 5.41) is 6.93. The molecule has 0 bridgehead atoms. The van der Waals surface area contributed by atoms with Crippen LogP contribution in [0.2, 0.25) is 0 Å². The average Bonchev–Trinajstić information content (AvgIpc) is 2.88. The van der Waals surface area contributed by atoms with Gasteiger partial charge in [0.1, 0.15) is 12.1 Å². The zero-order valence-electron chi connectivity index (χ0n) is 12.2. The molecule has 1 aromatic heterocycles. The Kier molecular flexibility index (Phi) is 4.42. The molecule has 0 saturated carbocycles. The van der Waals surface area contributed by atoms with Crippen LogP contribution in [-0.2, 0) is 16.1 Å². The van der Waals surface area contributed by atoms with Gasteiger partial charge in [-0.15, -0.1) is 0 Å². The van der Waals surface area contributed by atoms with Crippen LogP contribution in [0.15, 0.2) is 18.5 Å². The van der Waals surface area contributed by atoms with Crippen LogP contribution in [0.4, 0.5) is 0 Å². The minimum absolute atomic E-state index is 0.0120. The van der Waals surface area contributed by atoms with E-state index in [1.807, 2.05) is 26.1 Å². The van der Waals surface area contributed by atoms with E-state index in [9.17, 15) is 9.59 Å². The molecule has 20 heavy (non-hydrogen) atoms. The van der Waals surface area contributed by atoms with E-state index in [-0.39, 0.29) is 11.8 Å². The molecule has 2 unspecified atom stereocenters. The molecule has 0 radical (unpaired) electrons. The average molecular weight is 278 g/mol. The molecule has 0 spiro atoms. The van der Waals surface area contributed by atoms with Crippen LogP contribution >= 0.6 is 0 Å². The first-order valence-corrected chi connectivity index (χ1v) is 7.07. The highest BCUT2D eigenvalue weighted by Crippen LogP contribution is 2.15. The molecule has 1 aliphatic rings. The van der Waals surface area contributed by atoms with Crippen molar-refractivity contribution in [2.24, 2.45) is 5.92 Å². The summed E-state index contributed by atoms with van der Waals surface area (Å²) in [6, 6.07) is 1.04. The maximum atomic E-state index is 12.5. The van der Waals surface area contributed by atoms with Crippen molar-refractivity contribution in [3.8, 4) is 0 Å². The fraction of sp³-hybridized carbons (Fsp3) is 0.643. The smallest absolute Gasteiger partial charge is 0.245 e. The van der Waals surface area contributed by atoms with E-state index < -0.39 is 12.1 Å². The van der Waals surface area contributed by atoms with Gasteiger partial charge in [-0.3, -0.25) is 14.3 Å². The van der Waals surface area contributed by atoms with Crippen LogP contribution in [-0.4, -0.2) is 45.1 Å². The number of hydrogen-bond donors (Lipinski definition) is 1. The SMILES string of the molecule is CC(C)CC1NC(=O)C(C)N(CCn2cccn2)C1=O. The maximum Gasteiger partial charge on any atom is 0.245 e. The normalized spacial score (nSPS) is 23.3. The highest BCUT2D eigenvalue weighted by Gasteiger charge is 2.37. The molecule has 110 valence electrons. The molecule has 6 heteroatoms. The molecule has 2 atom stereocenters. The van der Waals surface area contributed by atoms with Gasteiger partial charge in [-0.2, -0.15) is 5.10 Å². The predicted molar refractivity (Wildman–Crippen MR) is 74.8 cm³/mol. The first-order chi connectivity index (χ1) is 9.49. The highest BCUT2D eigenvalue weighted by molar-refractivity contribution is 5.96. The standard InChI is InChI=1S/C14H22N4O2/c1-10(2)9-12-14(20)18(11(3)13(19)16-12)8-7-17-6-4-5-15-17/h4-6,10-12H,7-9H2,1-3H3,(H,16,19). The molecule has 6 nitrogen and oxygen atoms in total. The Labute approximate surface area is 119 Å². The molecule has 0 aromatic carbocycles. The van der Waals surface area contributed by atoms with Crippen molar-refractivity contribution in [2.45, 2.75) is 45.8 Å². The van der Waals surface area contributed by atoms with Crippen LogP contribution in [0.25, 0.3) is 0 Å². The molecular formula is C14H22N4O2. The summed E-state index contributed by atoms with van der Waals surface area (Å²) in [5.74, 6) is 0.305. The Bertz CT molecular complexity index is 470. The van der Waals surface area contributed by atoms with Crippen molar-refractivity contribution in [2.75, 3.05) is 6.54 Å². The molecule has 1 aliphatic heterocycles. The molecule has 1 aromatic rings. The maximum absolute atomic E-state index is 12.5. The van der Waals surface area contributed by atoms with Gasteiger partial charge >= 0.3 is 0 Å². The van der Waals surface area contributed by atoms with Gasteiger partial charge in [0.15, 0.2) is 0 Å². The summed E-state index contributed by atoms with van der Waals surface area (Å²) in [6.45, 7) is 6.97. The summed E-state index contributed by atoms with van der Waals surface area (Å²) in [5.41, 5.74) is 0. The molecule has 2 amide bonds. The highest BCUT2D eigenvalue weighted by atomic mass is 16.2. The first-order valence-electron chi connectivity index (χ1n) is 7.07. The molecule has 1 fully saturated rings. The van der Waals surface area contributed by atoms with E-state index >= 15 is 0 Å². The summed E-state index contributed by atoms with van der Waals surface area (Å²) >= 11 is 0. The lowest BCUT2D eigenvalue weighted by Crippen LogP contribution is -2.63. The van der Waals surface area contributed by atoms with Gasteiger partial charge in [0.2, 0.25) is 11.8 Å². The van der Waals surface area contributed by atoms with Crippen LogP contribution < -0.4 is 5.32 Å². The topological polar surface area (TPSA) is 67.2 Å². The molecule has 0 aliphatic carbocycles. The third-order valence-corrected chi connectivity index (χ3v) is 3.58. The van der Waals surface area contributed by atoms with Crippen molar-refractivity contribution < 1.29 is 9.59 Å². The van der Waals surface area contributed by atoms with E-state index in [4.69, 9.17) is 0 Å². The van der Waals surface area contributed by atoms with Gasteiger partial charge in [0.05, 0.1) is 6.54 Å². The van der Waals surface area contributed by atoms with Crippen molar-refractivity contribution in [1.29, 1.82) is 0 Å². The van der Waals surface area contributed by atoms with E-state index in [1.165, 1.54) is 0 Å². The lowest BCUT2D eigenvalue weighted by molar-refractivity contribution is -0.149. The monoisotopic (exact) mass is 278 g/mol. The van der Waals surface area contributed by atoms with Crippen molar-refractivity contribution >= 4 is 11.8 Å². The Balaban J connectivity index is 2.03. The van der Waals surface area contributed by atoms with Crippen LogP contribution in [0.3, 0.4) is 0 Å². The number of hydrogen-bond acceptors (Lipinski definition) is 3. The van der Waals surface area contributed by atoms with E-state index in [0.717, 1.165) is 0 Å². The predicted octanol–water partition coefficient (Wildman–Crippen LogP) is 0.645. The minimum atomic E-state index is -0.415.